The molecule has 9 nitrogen and oxygen atoms in total. The van der Waals surface area contributed by atoms with Crippen molar-refractivity contribution in [2.45, 2.75) is 360 Å². The van der Waals surface area contributed by atoms with Gasteiger partial charge >= 0.3 is 0 Å². The number of allylic oxidation sites excluding steroid dienone is 4. The number of amides is 1. The number of phosphoric ester groups is 1. The third-order valence-electron chi connectivity index (χ3n) is 15.8. The number of hydrogen-bond acceptors (Lipinski definition) is 7. The van der Waals surface area contributed by atoms with Gasteiger partial charge in [0.2, 0.25) is 5.91 Å². The van der Waals surface area contributed by atoms with E-state index in [9.17, 15) is 24.5 Å². The Kier molecular flexibility index (Phi) is 57.3. The molecule has 4 unspecified atom stereocenters. The minimum absolute atomic E-state index is 0.0376. The molecule has 0 spiro atoms. The second-order valence-corrected chi connectivity index (χ2v) is 26.1. The summed E-state index contributed by atoms with van der Waals surface area (Å²) in [6.07, 6.45) is 71.5. The zero-order chi connectivity index (χ0) is 56.4. The predicted octanol–water partition coefficient (Wildman–Crippen LogP) is 19.4. The monoisotopic (exact) mass is 1110 g/mol. The molecule has 458 valence electrons. The van der Waals surface area contributed by atoms with Crippen molar-refractivity contribution in [1.29, 1.82) is 0 Å². The average Bonchev–Trinajstić information content (AvgIpc) is 3.39. The number of phosphoric acid groups is 1. The molecule has 0 radical (unpaired) electrons. The maximum atomic E-state index is 13.0. The molecule has 0 aliphatic heterocycles. The normalized spacial score (nSPS) is 14.2. The van der Waals surface area contributed by atoms with Crippen molar-refractivity contribution in [2.75, 3.05) is 40.9 Å². The quantitative estimate of drug-likeness (QED) is 0.0239. The highest BCUT2D eigenvalue weighted by Crippen LogP contribution is 2.38. The summed E-state index contributed by atoms with van der Waals surface area (Å²) in [5, 5.41) is 24.8. The molecule has 0 heterocycles. The van der Waals surface area contributed by atoms with Gasteiger partial charge in [-0.05, 0) is 44.9 Å². The number of unbranched alkanes of at least 4 members (excludes halogenated alkanes) is 45. The smallest absolute Gasteiger partial charge is 0.268 e. The van der Waals surface area contributed by atoms with E-state index >= 15 is 0 Å². The van der Waals surface area contributed by atoms with Crippen molar-refractivity contribution in [2.24, 2.45) is 0 Å². The zero-order valence-electron chi connectivity index (χ0n) is 52.1. The number of quaternary nitrogens is 1. The number of likely N-dealkylation sites (N-methyl/N-ethyl adjacent to an activating group) is 1. The molecule has 0 saturated heterocycles. The first-order valence-corrected chi connectivity index (χ1v) is 35.2. The Hall–Kier alpha value is -1.06. The summed E-state index contributed by atoms with van der Waals surface area (Å²) in [5.74, 6) is -0.271. The maximum Gasteiger partial charge on any atom is 0.268 e. The van der Waals surface area contributed by atoms with Gasteiger partial charge in [-0.1, -0.05) is 314 Å². The van der Waals surface area contributed by atoms with Crippen LogP contribution in [0.1, 0.15) is 341 Å². The van der Waals surface area contributed by atoms with Crippen molar-refractivity contribution in [3.05, 3.63) is 24.3 Å². The average molecular weight is 1110 g/mol. The van der Waals surface area contributed by atoms with Gasteiger partial charge in [0.1, 0.15) is 19.3 Å². The summed E-state index contributed by atoms with van der Waals surface area (Å²) in [6.45, 7) is 4.47. The molecule has 0 aromatic carbocycles. The lowest BCUT2D eigenvalue weighted by molar-refractivity contribution is -0.870. The molecule has 0 rings (SSSR count). The van der Waals surface area contributed by atoms with E-state index in [4.69, 9.17) is 9.05 Å². The maximum absolute atomic E-state index is 13.0. The van der Waals surface area contributed by atoms with Crippen molar-refractivity contribution in [3.8, 4) is 0 Å². The van der Waals surface area contributed by atoms with Crippen molar-refractivity contribution in [3.63, 3.8) is 0 Å². The number of nitrogens with zero attached hydrogens (tertiary/aromatic N) is 1. The first-order chi connectivity index (χ1) is 37.4. The molecule has 0 aliphatic rings. The van der Waals surface area contributed by atoms with E-state index in [2.05, 4.69) is 43.5 Å². The molecule has 10 heteroatoms. The highest BCUT2D eigenvalue weighted by molar-refractivity contribution is 7.45. The van der Waals surface area contributed by atoms with E-state index in [0.717, 1.165) is 44.9 Å². The summed E-state index contributed by atoms with van der Waals surface area (Å²) >= 11 is 0. The highest BCUT2D eigenvalue weighted by Gasteiger charge is 2.29. The highest BCUT2D eigenvalue weighted by atomic mass is 31.2. The summed E-state index contributed by atoms with van der Waals surface area (Å²) in [5.41, 5.74) is 0. The van der Waals surface area contributed by atoms with Crippen LogP contribution in [0.15, 0.2) is 24.3 Å². The number of carbonyl (C=O) groups is 1. The van der Waals surface area contributed by atoms with E-state index < -0.39 is 32.7 Å². The minimum atomic E-state index is -4.67. The third kappa shape index (κ3) is 59.4. The van der Waals surface area contributed by atoms with Crippen LogP contribution < -0.4 is 10.2 Å². The molecule has 3 N–H and O–H groups in total. The van der Waals surface area contributed by atoms with Crippen LogP contribution in [0.5, 0.6) is 0 Å². The lowest BCUT2D eigenvalue weighted by Gasteiger charge is -2.31. The number of rotatable bonds is 63. The van der Waals surface area contributed by atoms with Gasteiger partial charge in [-0.25, -0.2) is 0 Å². The van der Waals surface area contributed by atoms with Crippen LogP contribution in [0.4, 0.5) is 0 Å². The molecule has 0 bridgehead atoms. The van der Waals surface area contributed by atoms with E-state index in [0.29, 0.717) is 17.4 Å². The fraction of sp³-hybridized carbons (Fsp3) is 0.925. The molecule has 0 aliphatic carbocycles. The van der Waals surface area contributed by atoms with Gasteiger partial charge in [0.05, 0.1) is 39.9 Å². The van der Waals surface area contributed by atoms with E-state index in [-0.39, 0.29) is 18.9 Å². The van der Waals surface area contributed by atoms with Crippen LogP contribution in [0.3, 0.4) is 0 Å². The van der Waals surface area contributed by atoms with Crippen LogP contribution in [0, 0.1) is 0 Å². The molecular formula is C67H133N2O7P. The van der Waals surface area contributed by atoms with E-state index in [1.165, 1.54) is 270 Å². The Balaban J connectivity index is 3.85. The van der Waals surface area contributed by atoms with E-state index in [1.54, 1.807) is 0 Å². The molecule has 4 atom stereocenters. The number of hydrogen-bond donors (Lipinski definition) is 3. The Bertz CT molecular complexity index is 1320. The van der Waals surface area contributed by atoms with Crippen LogP contribution in [-0.2, 0) is 18.4 Å². The lowest BCUT2D eigenvalue weighted by atomic mass is 9.99. The molecular weight excluding hydrogens is 976 g/mol. The first-order valence-electron chi connectivity index (χ1n) is 33.8. The number of nitrogens with one attached hydrogen (secondary N) is 1. The molecule has 77 heavy (non-hydrogen) atoms. The summed E-state index contributed by atoms with van der Waals surface area (Å²) in [7, 11) is 1.14. The van der Waals surface area contributed by atoms with Gasteiger partial charge in [0, 0.05) is 6.42 Å². The molecule has 1 amide bonds. The topological polar surface area (TPSA) is 128 Å². The summed E-state index contributed by atoms with van der Waals surface area (Å²) in [6, 6.07) is -1.07. The lowest BCUT2D eigenvalue weighted by Crippen LogP contribution is -2.51. The summed E-state index contributed by atoms with van der Waals surface area (Å²) < 4.78 is 23.3. The molecule has 0 fully saturated rings. The van der Waals surface area contributed by atoms with Crippen LogP contribution in [0.25, 0.3) is 0 Å². The number of aliphatic hydroxyl groups excluding tert-OH is 2. The van der Waals surface area contributed by atoms with Gasteiger partial charge in [-0.2, -0.15) is 0 Å². The number of aliphatic hydroxyl groups is 2. The Morgan fingerprint density at radius 1 is 0.468 bits per heavy atom. The van der Waals surface area contributed by atoms with Gasteiger partial charge in [-0.3, -0.25) is 9.36 Å². The fourth-order valence-electron chi connectivity index (χ4n) is 10.5. The standard InChI is InChI=1S/C67H133N2O7P/c1-6-8-10-12-14-16-18-20-21-22-23-24-25-26-27-28-29-30-31-32-33-34-35-36-37-38-39-40-41-42-43-44-45-46-47-48-50-52-54-56-58-60-66(71)68-64(63-76-77(73,74)75-62-61-69(3,4)5)67(72)65(70)59-57-55-53-51-49-19-17-15-13-11-9-7-2/h18,20,22-23,64-65,67,70,72H,6-17,19,21,24-63H2,1-5H3,(H-,68,71,73,74)/b20-18-,23-22-. The molecule has 0 saturated carbocycles. The van der Waals surface area contributed by atoms with Crippen LogP contribution in [-0.4, -0.2) is 79.8 Å². The van der Waals surface area contributed by atoms with Gasteiger partial charge < -0.3 is 34.0 Å². The van der Waals surface area contributed by atoms with Gasteiger partial charge in [-0.15, -0.1) is 0 Å². The molecule has 0 aromatic rings. The third-order valence-corrected chi connectivity index (χ3v) is 16.7. The van der Waals surface area contributed by atoms with Crippen molar-refractivity contribution in [1.82, 2.24) is 5.32 Å². The van der Waals surface area contributed by atoms with Crippen LogP contribution in [0.2, 0.25) is 0 Å². The fourth-order valence-corrected chi connectivity index (χ4v) is 11.2. The SMILES string of the molecule is CCCCCCC/C=C\C/C=C\CCCCCCCCCCCCCCCCCCCCCCCCCCCCCCCC(=O)NC(COP(=O)([O-])OCC[N+](C)(C)C)C(O)C(O)CCCCCCCCCCCCCC. The first kappa shape index (κ1) is 75.9. The Morgan fingerprint density at radius 2 is 0.779 bits per heavy atom. The zero-order valence-corrected chi connectivity index (χ0v) is 52.9. The van der Waals surface area contributed by atoms with Crippen LogP contribution >= 0.6 is 7.82 Å². The Morgan fingerprint density at radius 3 is 1.12 bits per heavy atom. The Labute approximate surface area is 479 Å². The minimum Gasteiger partial charge on any atom is -0.756 e. The van der Waals surface area contributed by atoms with Crippen molar-refractivity contribution < 1.29 is 38.0 Å². The van der Waals surface area contributed by atoms with Crippen molar-refractivity contribution >= 4 is 13.7 Å². The largest absolute Gasteiger partial charge is 0.756 e. The van der Waals surface area contributed by atoms with Gasteiger partial charge in [0.15, 0.2) is 0 Å². The van der Waals surface area contributed by atoms with Gasteiger partial charge in [0.25, 0.3) is 7.82 Å². The molecule has 0 aromatic heterocycles. The number of carbonyl (C=O) groups excluding carboxylic acids is 1. The predicted molar refractivity (Wildman–Crippen MR) is 331 cm³/mol. The second-order valence-electron chi connectivity index (χ2n) is 24.7. The second kappa shape index (κ2) is 58.1. The van der Waals surface area contributed by atoms with E-state index in [1.807, 2.05) is 21.1 Å². The summed E-state index contributed by atoms with van der Waals surface area (Å²) in [4.78, 5) is 25.6.